The lowest BCUT2D eigenvalue weighted by molar-refractivity contribution is 0.559. The monoisotopic (exact) mass is 201 g/mol. The fourth-order valence-corrected chi connectivity index (χ4v) is 3.44. The number of nitrogens with one attached hydrogen (secondary N) is 1. The molecule has 0 radical (unpaired) electrons. The van der Waals surface area contributed by atoms with Crippen LogP contribution < -0.4 is 5.32 Å². The minimum atomic E-state index is 0.746. The molecule has 13 heavy (non-hydrogen) atoms. The van der Waals surface area contributed by atoms with E-state index >= 15 is 0 Å². The Bertz CT molecular complexity index is 121. The van der Waals surface area contributed by atoms with Gasteiger partial charge < -0.3 is 5.32 Å². The summed E-state index contributed by atoms with van der Waals surface area (Å²) in [4.78, 5) is 0. The quantitative estimate of drug-likeness (QED) is 0.709. The molecule has 0 aromatic carbocycles. The molecule has 0 aromatic rings. The fraction of sp³-hybridized carbons (Fsp3) is 1.00. The number of hydrogen-bond donors (Lipinski definition) is 1. The first kappa shape index (κ1) is 11.4. The van der Waals surface area contributed by atoms with Crippen molar-refractivity contribution >= 4 is 11.8 Å². The molecular formula is C11H23NS. The maximum atomic E-state index is 3.54. The van der Waals surface area contributed by atoms with Crippen LogP contribution in [0.4, 0.5) is 0 Å². The number of rotatable bonds is 6. The third-order valence-corrected chi connectivity index (χ3v) is 4.36. The lowest BCUT2D eigenvalue weighted by atomic mass is 10.2. The van der Waals surface area contributed by atoms with Crippen LogP contribution in [0.1, 0.15) is 46.0 Å². The SMILES string of the molecule is CCNC(CC)CSC1CCCC1. The Kier molecular flexibility index (Phi) is 5.88. The summed E-state index contributed by atoms with van der Waals surface area (Å²) in [7, 11) is 0. The first-order valence-corrected chi connectivity index (χ1v) is 6.76. The van der Waals surface area contributed by atoms with Crippen molar-refractivity contribution in [3.8, 4) is 0 Å². The van der Waals surface area contributed by atoms with Crippen molar-refractivity contribution in [1.29, 1.82) is 0 Å². The Hall–Kier alpha value is 0.310. The zero-order valence-electron chi connectivity index (χ0n) is 9.01. The highest BCUT2D eigenvalue weighted by Crippen LogP contribution is 2.29. The molecule has 1 N–H and O–H groups in total. The van der Waals surface area contributed by atoms with Gasteiger partial charge in [0.05, 0.1) is 0 Å². The van der Waals surface area contributed by atoms with Crippen LogP contribution in [-0.2, 0) is 0 Å². The van der Waals surface area contributed by atoms with Gasteiger partial charge >= 0.3 is 0 Å². The lowest BCUT2D eigenvalue weighted by Crippen LogP contribution is -2.30. The second-order valence-electron chi connectivity index (χ2n) is 3.90. The van der Waals surface area contributed by atoms with Gasteiger partial charge in [-0.25, -0.2) is 0 Å². The van der Waals surface area contributed by atoms with E-state index in [0.717, 1.165) is 17.8 Å². The predicted molar refractivity (Wildman–Crippen MR) is 62.5 cm³/mol. The predicted octanol–water partition coefficient (Wildman–Crippen LogP) is 3.05. The largest absolute Gasteiger partial charge is 0.313 e. The zero-order valence-corrected chi connectivity index (χ0v) is 9.83. The van der Waals surface area contributed by atoms with Crippen LogP contribution in [0, 0.1) is 0 Å². The van der Waals surface area contributed by atoms with Gasteiger partial charge in [0.15, 0.2) is 0 Å². The van der Waals surface area contributed by atoms with Gasteiger partial charge in [-0.2, -0.15) is 11.8 Å². The third-order valence-electron chi connectivity index (χ3n) is 2.82. The van der Waals surface area contributed by atoms with E-state index in [1.54, 1.807) is 0 Å². The zero-order chi connectivity index (χ0) is 9.52. The van der Waals surface area contributed by atoms with Crippen molar-refractivity contribution in [3.63, 3.8) is 0 Å². The Morgan fingerprint density at radius 2 is 2.00 bits per heavy atom. The molecule has 1 aliphatic rings. The molecule has 1 fully saturated rings. The van der Waals surface area contributed by atoms with E-state index < -0.39 is 0 Å². The minimum Gasteiger partial charge on any atom is -0.313 e. The molecule has 0 saturated heterocycles. The van der Waals surface area contributed by atoms with Crippen molar-refractivity contribution in [2.75, 3.05) is 12.3 Å². The molecule has 1 rings (SSSR count). The summed E-state index contributed by atoms with van der Waals surface area (Å²) in [6.07, 6.45) is 7.14. The molecule has 1 nitrogen and oxygen atoms in total. The molecule has 1 unspecified atom stereocenters. The lowest BCUT2D eigenvalue weighted by Gasteiger charge is -2.17. The van der Waals surface area contributed by atoms with Gasteiger partial charge in [-0.15, -0.1) is 0 Å². The standard InChI is InChI=1S/C11H23NS/c1-3-10(12-4-2)9-13-11-7-5-6-8-11/h10-12H,3-9H2,1-2H3. The summed E-state index contributed by atoms with van der Waals surface area (Å²) >= 11 is 2.19. The van der Waals surface area contributed by atoms with Gasteiger partial charge in [0.2, 0.25) is 0 Å². The van der Waals surface area contributed by atoms with Crippen molar-refractivity contribution < 1.29 is 0 Å². The van der Waals surface area contributed by atoms with Gasteiger partial charge in [0, 0.05) is 17.0 Å². The van der Waals surface area contributed by atoms with Crippen LogP contribution in [-0.4, -0.2) is 23.6 Å². The molecule has 78 valence electrons. The fourth-order valence-electron chi connectivity index (χ4n) is 1.92. The molecule has 2 heteroatoms. The highest BCUT2D eigenvalue weighted by Gasteiger charge is 2.16. The highest BCUT2D eigenvalue weighted by molar-refractivity contribution is 7.99. The van der Waals surface area contributed by atoms with Crippen LogP contribution >= 0.6 is 11.8 Å². The maximum Gasteiger partial charge on any atom is 0.0155 e. The maximum absolute atomic E-state index is 3.54. The van der Waals surface area contributed by atoms with Gasteiger partial charge in [0.1, 0.15) is 0 Å². The van der Waals surface area contributed by atoms with Gasteiger partial charge in [-0.3, -0.25) is 0 Å². The van der Waals surface area contributed by atoms with Crippen LogP contribution in [0.5, 0.6) is 0 Å². The molecule has 1 atom stereocenters. The van der Waals surface area contributed by atoms with Gasteiger partial charge in [0.25, 0.3) is 0 Å². The number of hydrogen-bond acceptors (Lipinski definition) is 2. The Labute approximate surface area is 87.1 Å². The van der Waals surface area contributed by atoms with E-state index in [0.29, 0.717) is 0 Å². The van der Waals surface area contributed by atoms with Crippen molar-refractivity contribution in [3.05, 3.63) is 0 Å². The molecule has 0 heterocycles. The van der Waals surface area contributed by atoms with Gasteiger partial charge in [-0.05, 0) is 25.8 Å². The smallest absolute Gasteiger partial charge is 0.0155 e. The summed E-state index contributed by atoms with van der Waals surface area (Å²) in [5.74, 6) is 1.31. The van der Waals surface area contributed by atoms with E-state index in [-0.39, 0.29) is 0 Å². The van der Waals surface area contributed by atoms with Crippen LogP contribution in [0.2, 0.25) is 0 Å². The van der Waals surface area contributed by atoms with E-state index in [9.17, 15) is 0 Å². The van der Waals surface area contributed by atoms with Crippen molar-refractivity contribution in [2.45, 2.75) is 57.2 Å². The van der Waals surface area contributed by atoms with Crippen molar-refractivity contribution in [1.82, 2.24) is 5.32 Å². The van der Waals surface area contributed by atoms with Crippen LogP contribution in [0.25, 0.3) is 0 Å². The van der Waals surface area contributed by atoms with E-state index in [1.165, 1.54) is 37.9 Å². The second kappa shape index (κ2) is 6.72. The van der Waals surface area contributed by atoms with Crippen molar-refractivity contribution in [2.24, 2.45) is 0 Å². The third kappa shape index (κ3) is 4.37. The Morgan fingerprint density at radius 1 is 1.31 bits per heavy atom. The minimum absolute atomic E-state index is 0.746. The molecular weight excluding hydrogens is 178 g/mol. The summed E-state index contributed by atoms with van der Waals surface area (Å²) in [5.41, 5.74) is 0. The van der Waals surface area contributed by atoms with E-state index in [1.807, 2.05) is 0 Å². The Morgan fingerprint density at radius 3 is 2.54 bits per heavy atom. The van der Waals surface area contributed by atoms with E-state index in [4.69, 9.17) is 0 Å². The first-order valence-electron chi connectivity index (χ1n) is 5.71. The molecule has 0 aromatic heterocycles. The topological polar surface area (TPSA) is 12.0 Å². The highest BCUT2D eigenvalue weighted by atomic mass is 32.2. The summed E-state index contributed by atoms with van der Waals surface area (Å²) in [6.45, 7) is 5.59. The van der Waals surface area contributed by atoms with Crippen LogP contribution in [0.3, 0.4) is 0 Å². The molecule has 0 spiro atoms. The molecule has 1 aliphatic carbocycles. The average Bonchev–Trinajstić information content (AvgIpc) is 2.64. The second-order valence-corrected chi connectivity index (χ2v) is 5.24. The summed E-state index contributed by atoms with van der Waals surface area (Å²) in [6, 6.07) is 0.746. The summed E-state index contributed by atoms with van der Waals surface area (Å²) in [5, 5.41) is 4.51. The summed E-state index contributed by atoms with van der Waals surface area (Å²) < 4.78 is 0. The normalized spacial score (nSPS) is 20.8. The first-order chi connectivity index (χ1) is 6.36. The molecule has 1 saturated carbocycles. The Balaban J connectivity index is 2.07. The van der Waals surface area contributed by atoms with Gasteiger partial charge in [-0.1, -0.05) is 26.7 Å². The average molecular weight is 201 g/mol. The van der Waals surface area contributed by atoms with E-state index in [2.05, 4.69) is 30.9 Å². The molecule has 0 bridgehead atoms. The molecule has 0 amide bonds. The molecule has 0 aliphatic heterocycles. The van der Waals surface area contributed by atoms with Crippen LogP contribution in [0.15, 0.2) is 0 Å². The number of thioether (sulfide) groups is 1.